The van der Waals surface area contributed by atoms with Gasteiger partial charge in [0.05, 0.1) is 13.3 Å². The fourth-order valence-corrected chi connectivity index (χ4v) is 2.56. The van der Waals surface area contributed by atoms with Crippen molar-refractivity contribution in [3.05, 3.63) is 94.8 Å². The van der Waals surface area contributed by atoms with Crippen LogP contribution in [0.2, 0.25) is 0 Å². The number of nitrogens with one attached hydrogen (secondary N) is 1. The Bertz CT molecular complexity index is 1000. The van der Waals surface area contributed by atoms with E-state index in [2.05, 4.69) is 10.5 Å². The molecule has 3 rings (SSSR count). The van der Waals surface area contributed by atoms with Crippen molar-refractivity contribution in [3.63, 3.8) is 0 Å². The number of carbonyl (C=O) groups is 1. The van der Waals surface area contributed by atoms with Gasteiger partial charge in [-0.05, 0) is 60.5 Å². The summed E-state index contributed by atoms with van der Waals surface area (Å²) in [5.74, 6) is 0.510. The highest BCUT2D eigenvalue weighted by atomic mass is 19.1. The van der Waals surface area contributed by atoms with E-state index in [0.29, 0.717) is 17.1 Å². The second kappa shape index (κ2) is 9.50. The number of hydrogen-bond donors (Lipinski definition) is 1. The van der Waals surface area contributed by atoms with Gasteiger partial charge in [-0.25, -0.2) is 9.82 Å². The summed E-state index contributed by atoms with van der Waals surface area (Å²) in [5, 5.41) is 3.99. The molecular formula is C23H21FN2O3. The molecule has 3 aromatic rings. The standard InChI is InChI=1S/C23H21FN2O3/c1-16-3-8-19(9-4-16)23(27)26-25-14-18-7-12-21(22(13-18)28-2)29-15-17-5-10-20(24)11-6-17/h3-14H,15H2,1-2H3,(H,26,27)/b25-14-. The van der Waals surface area contributed by atoms with E-state index in [1.165, 1.54) is 18.3 Å². The molecule has 0 radical (unpaired) electrons. The smallest absolute Gasteiger partial charge is 0.271 e. The minimum Gasteiger partial charge on any atom is -0.493 e. The fourth-order valence-electron chi connectivity index (χ4n) is 2.56. The number of hydrogen-bond acceptors (Lipinski definition) is 4. The van der Waals surface area contributed by atoms with Crippen LogP contribution in [0.4, 0.5) is 4.39 Å². The van der Waals surface area contributed by atoms with Crippen molar-refractivity contribution in [2.75, 3.05) is 7.11 Å². The Labute approximate surface area is 168 Å². The highest BCUT2D eigenvalue weighted by Crippen LogP contribution is 2.28. The molecule has 0 fully saturated rings. The molecule has 0 aliphatic carbocycles. The molecule has 3 aromatic carbocycles. The monoisotopic (exact) mass is 392 g/mol. The number of rotatable bonds is 7. The summed E-state index contributed by atoms with van der Waals surface area (Å²) in [7, 11) is 1.54. The van der Waals surface area contributed by atoms with Crippen LogP contribution in [0.15, 0.2) is 71.8 Å². The number of benzene rings is 3. The third-order valence-corrected chi connectivity index (χ3v) is 4.19. The average Bonchev–Trinajstić information content (AvgIpc) is 2.74. The minimum absolute atomic E-state index is 0.285. The van der Waals surface area contributed by atoms with Gasteiger partial charge in [0.15, 0.2) is 11.5 Å². The molecule has 0 spiro atoms. The quantitative estimate of drug-likeness (QED) is 0.476. The molecule has 0 bridgehead atoms. The Balaban J connectivity index is 1.61. The topological polar surface area (TPSA) is 59.9 Å². The Kier molecular flexibility index (Phi) is 6.58. The summed E-state index contributed by atoms with van der Waals surface area (Å²) >= 11 is 0. The molecule has 148 valence electrons. The Morgan fingerprint density at radius 3 is 2.45 bits per heavy atom. The second-order valence-corrected chi connectivity index (χ2v) is 6.39. The molecule has 0 saturated carbocycles. The molecule has 0 unspecified atom stereocenters. The van der Waals surface area contributed by atoms with Crippen LogP contribution in [0.25, 0.3) is 0 Å². The van der Waals surface area contributed by atoms with Gasteiger partial charge in [-0.15, -0.1) is 0 Å². The number of aryl methyl sites for hydroxylation is 1. The van der Waals surface area contributed by atoms with Crippen LogP contribution >= 0.6 is 0 Å². The number of hydrazone groups is 1. The van der Waals surface area contributed by atoms with Crippen LogP contribution in [0.3, 0.4) is 0 Å². The van der Waals surface area contributed by atoms with Gasteiger partial charge in [0.25, 0.3) is 5.91 Å². The van der Waals surface area contributed by atoms with Crippen LogP contribution < -0.4 is 14.9 Å². The van der Waals surface area contributed by atoms with Crippen molar-refractivity contribution in [2.45, 2.75) is 13.5 Å². The number of amides is 1. The molecule has 29 heavy (non-hydrogen) atoms. The van der Waals surface area contributed by atoms with Gasteiger partial charge in [0.1, 0.15) is 12.4 Å². The number of carbonyl (C=O) groups excluding carboxylic acids is 1. The van der Waals surface area contributed by atoms with E-state index in [9.17, 15) is 9.18 Å². The normalized spacial score (nSPS) is 10.7. The number of nitrogens with zero attached hydrogens (tertiary/aromatic N) is 1. The maximum Gasteiger partial charge on any atom is 0.271 e. The largest absolute Gasteiger partial charge is 0.493 e. The van der Waals surface area contributed by atoms with Crippen LogP contribution in [0, 0.1) is 12.7 Å². The predicted octanol–water partition coefficient (Wildman–Crippen LogP) is 4.49. The summed E-state index contributed by atoms with van der Waals surface area (Å²) in [6, 6.07) is 18.6. The van der Waals surface area contributed by atoms with E-state index in [1.54, 1.807) is 49.6 Å². The van der Waals surface area contributed by atoms with E-state index < -0.39 is 0 Å². The molecule has 0 aromatic heterocycles. The molecule has 0 aliphatic heterocycles. The van der Waals surface area contributed by atoms with E-state index in [1.807, 2.05) is 19.1 Å². The van der Waals surface area contributed by atoms with Crippen LogP contribution in [0.5, 0.6) is 11.5 Å². The number of methoxy groups -OCH3 is 1. The average molecular weight is 392 g/mol. The molecule has 1 amide bonds. The second-order valence-electron chi connectivity index (χ2n) is 6.39. The van der Waals surface area contributed by atoms with Crippen molar-refractivity contribution in [1.29, 1.82) is 0 Å². The number of halogens is 1. The lowest BCUT2D eigenvalue weighted by Gasteiger charge is -2.11. The maximum absolute atomic E-state index is 13.0. The first-order valence-electron chi connectivity index (χ1n) is 9.00. The summed E-state index contributed by atoms with van der Waals surface area (Å²) in [5.41, 5.74) is 5.70. The Morgan fingerprint density at radius 2 is 1.76 bits per heavy atom. The molecule has 6 heteroatoms. The zero-order valence-corrected chi connectivity index (χ0v) is 16.2. The third kappa shape index (κ3) is 5.65. The molecule has 0 atom stereocenters. The fraction of sp³-hybridized carbons (Fsp3) is 0.130. The highest BCUT2D eigenvalue weighted by Gasteiger charge is 2.07. The highest BCUT2D eigenvalue weighted by molar-refractivity contribution is 5.94. The first-order valence-corrected chi connectivity index (χ1v) is 9.00. The van der Waals surface area contributed by atoms with Gasteiger partial charge in [-0.2, -0.15) is 5.10 Å². The SMILES string of the molecule is COc1cc(/C=N\NC(=O)c2ccc(C)cc2)ccc1OCc1ccc(F)cc1. The zero-order valence-electron chi connectivity index (χ0n) is 16.2. The van der Waals surface area contributed by atoms with Gasteiger partial charge in [-0.3, -0.25) is 4.79 Å². The van der Waals surface area contributed by atoms with Crippen LogP contribution in [-0.4, -0.2) is 19.2 Å². The van der Waals surface area contributed by atoms with Crippen molar-refractivity contribution in [3.8, 4) is 11.5 Å². The minimum atomic E-state index is -0.288. The van der Waals surface area contributed by atoms with Crippen LogP contribution in [0.1, 0.15) is 27.0 Å². The molecule has 5 nitrogen and oxygen atoms in total. The van der Waals surface area contributed by atoms with Gasteiger partial charge < -0.3 is 9.47 Å². The summed E-state index contributed by atoms with van der Waals surface area (Å²) in [6.07, 6.45) is 1.53. The lowest BCUT2D eigenvalue weighted by Crippen LogP contribution is -2.17. The maximum atomic E-state index is 13.0. The van der Waals surface area contributed by atoms with Gasteiger partial charge in [0, 0.05) is 5.56 Å². The summed E-state index contributed by atoms with van der Waals surface area (Å²) in [6.45, 7) is 2.25. The molecule has 0 heterocycles. The van der Waals surface area contributed by atoms with E-state index in [0.717, 1.165) is 16.7 Å². The van der Waals surface area contributed by atoms with E-state index in [-0.39, 0.29) is 18.3 Å². The molecular weight excluding hydrogens is 371 g/mol. The lowest BCUT2D eigenvalue weighted by atomic mass is 10.1. The predicted molar refractivity (Wildman–Crippen MR) is 110 cm³/mol. The van der Waals surface area contributed by atoms with Crippen molar-refractivity contribution < 1.29 is 18.7 Å². The first kappa shape index (κ1) is 20.1. The molecule has 0 aliphatic rings. The molecule has 0 saturated heterocycles. The van der Waals surface area contributed by atoms with Gasteiger partial charge >= 0.3 is 0 Å². The van der Waals surface area contributed by atoms with E-state index in [4.69, 9.17) is 9.47 Å². The van der Waals surface area contributed by atoms with Crippen LogP contribution in [-0.2, 0) is 6.61 Å². The first-order chi connectivity index (χ1) is 14.0. The van der Waals surface area contributed by atoms with Crippen molar-refractivity contribution in [1.82, 2.24) is 5.43 Å². The van der Waals surface area contributed by atoms with Crippen molar-refractivity contribution in [2.24, 2.45) is 5.10 Å². The lowest BCUT2D eigenvalue weighted by molar-refractivity contribution is 0.0955. The van der Waals surface area contributed by atoms with E-state index >= 15 is 0 Å². The third-order valence-electron chi connectivity index (χ3n) is 4.19. The van der Waals surface area contributed by atoms with Gasteiger partial charge in [-0.1, -0.05) is 29.8 Å². The Morgan fingerprint density at radius 1 is 1.03 bits per heavy atom. The number of ether oxygens (including phenoxy) is 2. The van der Waals surface area contributed by atoms with Gasteiger partial charge in [0.2, 0.25) is 0 Å². The van der Waals surface area contributed by atoms with Crippen molar-refractivity contribution >= 4 is 12.1 Å². The zero-order chi connectivity index (χ0) is 20.6. The summed E-state index contributed by atoms with van der Waals surface area (Å²) in [4.78, 5) is 12.1. The Hall–Kier alpha value is -3.67. The molecule has 1 N–H and O–H groups in total. The summed E-state index contributed by atoms with van der Waals surface area (Å²) < 4.78 is 24.1.